The van der Waals surface area contributed by atoms with Crippen molar-refractivity contribution in [1.29, 1.82) is 0 Å². The number of hydrogen-bond acceptors (Lipinski definition) is 2. The van der Waals surface area contributed by atoms with Crippen LogP contribution in [0.3, 0.4) is 0 Å². The van der Waals surface area contributed by atoms with Crippen LogP contribution in [0.25, 0.3) is 0 Å². The van der Waals surface area contributed by atoms with Crippen molar-refractivity contribution in [2.24, 2.45) is 0 Å². The van der Waals surface area contributed by atoms with E-state index in [2.05, 4.69) is 5.32 Å². The molecule has 0 spiro atoms. The van der Waals surface area contributed by atoms with Crippen LogP contribution >= 0.6 is 23.4 Å². The lowest BCUT2D eigenvalue weighted by Crippen LogP contribution is -2.51. The second kappa shape index (κ2) is 5.86. The van der Waals surface area contributed by atoms with Crippen molar-refractivity contribution in [2.45, 2.75) is 37.6 Å². The van der Waals surface area contributed by atoms with Crippen LogP contribution in [0.15, 0.2) is 0 Å². The number of nitrogens with one attached hydrogen (secondary N) is 1. The molecule has 82 valence electrons. The molecule has 0 atom stereocenters. The average molecular weight is 236 g/mol. The Hall–Kier alpha value is 0.110. The van der Waals surface area contributed by atoms with E-state index >= 15 is 0 Å². The van der Waals surface area contributed by atoms with Crippen molar-refractivity contribution >= 4 is 29.3 Å². The monoisotopic (exact) mass is 235 g/mol. The van der Waals surface area contributed by atoms with Crippen LogP contribution in [-0.4, -0.2) is 29.3 Å². The number of carbonyl (C=O) groups is 1. The standard InChI is InChI=1S/C10H18ClNOS/c1-14-7-9(13)12-10(8-11)5-3-2-4-6-10/h2-8H2,1H3,(H,12,13). The molecule has 1 saturated carbocycles. The molecule has 1 amide bonds. The molecule has 14 heavy (non-hydrogen) atoms. The van der Waals surface area contributed by atoms with E-state index in [0.29, 0.717) is 11.6 Å². The van der Waals surface area contributed by atoms with E-state index in [1.165, 1.54) is 19.3 Å². The number of alkyl halides is 1. The second-order valence-electron chi connectivity index (χ2n) is 3.96. The number of amides is 1. The minimum atomic E-state index is -0.105. The number of halogens is 1. The SMILES string of the molecule is CSCC(=O)NC1(CCl)CCCCC1. The van der Waals surface area contributed by atoms with Gasteiger partial charge in [0.05, 0.1) is 11.3 Å². The van der Waals surface area contributed by atoms with Crippen LogP contribution in [0, 0.1) is 0 Å². The molecule has 4 heteroatoms. The first-order valence-corrected chi connectivity index (χ1v) is 7.01. The van der Waals surface area contributed by atoms with Gasteiger partial charge in [0, 0.05) is 5.88 Å². The summed E-state index contributed by atoms with van der Waals surface area (Å²) in [6, 6.07) is 0. The van der Waals surface area contributed by atoms with Gasteiger partial charge in [-0.1, -0.05) is 19.3 Å². The molecule has 2 nitrogen and oxygen atoms in total. The number of carbonyl (C=O) groups excluding carboxylic acids is 1. The molecule has 1 aliphatic carbocycles. The zero-order chi connectivity index (χ0) is 10.4. The Morgan fingerprint density at radius 1 is 1.43 bits per heavy atom. The van der Waals surface area contributed by atoms with Gasteiger partial charge >= 0.3 is 0 Å². The Morgan fingerprint density at radius 2 is 2.07 bits per heavy atom. The zero-order valence-corrected chi connectivity index (χ0v) is 10.2. The fourth-order valence-corrected chi connectivity index (χ4v) is 2.65. The molecule has 0 radical (unpaired) electrons. The smallest absolute Gasteiger partial charge is 0.230 e. The number of thioether (sulfide) groups is 1. The van der Waals surface area contributed by atoms with Gasteiger partial charge in [-0.25, -0.2) is 0 Å². The number of rotatable bonds is 4. The second-order valence-corrected chi connectivity index (χ2v) is 5.09. The first-order valence-electron chi connectivity index (χ1n) is 5.08. The van der Waals surface area contributed by atoms with Gasteiger partial charge in [0.15, 0.2) is 0 Å². The molecule has 0 bridgehead atoms. The van der Waals surface area contributed by atoms with E-state index in [-0.39, 0.29) is 11.4 Å². The summed E-state index contributed by atoms with van der Waals surface area (Å²) in [6.07, 6.45) is 7.66. The predicted octanol–water partition coefficient (Wildman–Crippen LogP) is 2.41. The predicted molar refractivity (Wildman–Crippen MR) is 63.1 cm³/mol. The highest BCUT2D eigenvalue weighted by Gasteiger charge is 2.32. The van der Waals surface area contributed by atoms with Gasteiger partial charge in [-0.2, -0.15) is 11.8 Å². The Balaban J connectivity index is 2.47. The molecule has 0 aliphatic heterocycles. The summed E-state index contributed by atoms with van der Waals surface area (Å²) in [4.78, 5) is 11.5. The van der Waals surface area contributed by atoms with Crippen LogP contribution < -0.4 is 5.32 Å². The molecule has 1 rings (SSSR count). The molecular weight excluding hydrogens is 218 g/mol. The highest BCUT2D eigenvalue weighted by Crippen LogP contribution is 2.29. The molecule has 1 N–H and O–H groups in total. The minimum Gasteiger partial charge on any atom is -0.349 e. The van der Waals surface area contributed by atoms with Crippen molar-refractivity contribution in [2.75, 3.05) is 17.9 Å². The van der Waals surface area contributed by atoms with E-state index in [4.69, 9.17) is 11.6 Å². The lowest BCUT2D eigenvalue weighted by Gasteiger charge is -2.36. The van der Waals surface area contributed by atoms with Gasteiger partial charge in [0.1, 0.15) is 0 Å². The summed E-state index contributed by atoms with van der Waals surface area (Å²) in [5.41, 5.74) is -0.105. The quantitative estimate of drug-likeness (QED) is 0.759. The summed E-state index contributed by atoms with van der Waals surface area (Å²) in [5.74, 6) is 1.21. The third-order valence-corrected chi connectivity index (χ3v) is 3.81. The van der Waals surface area contributed by atoms with Crippen molar-refractivity contribution in [3.63, 3.8) is 0 Å². The maximum atomic E-state index is 11.5. The summed E-state index contributed by atoms with van der Waals surface area (Å²) < 4.78 is 0. The topological polar surface area (TPSA) is 29.1 Å². The van der Waals surface area contributed by atoms with Crippen LogP contribution in [0.2, 0.25) is 0 Å². The minimum absolute atomic E-state index is 0.105. The third-order valence-electron chi connectivity index (χ3n) is 2.75. The highest BCUT2D eigenvalue weighted by atomic mass is 35.5. The van der Waals surface area contributed by atoms with Crippen LogP contribution in [0.1, 0.15) is 32.1 Å². The van der Waals surface area contributed by atoms with Crippen molar-refractivity contribution in [1.82, 2.24) is 5.32 Å². The van der Waals surface area contributed by atoms with E-state index < -0.39 is 0 Å². The van der Waals surface area contributed by atoms with Gasteiger partial charge in [-0.3, -0.25) is 4.79 Å². The fourth-order valence-electron chi connectivity index (χ4n) is 1.98. The first-order chi connectivity index (χ1) is 6.72. The van der Waals surface area contributed by atoms with Crippen molar-refractivity contribution in [3.05, 3.63) is 0 Å². The lowest BCUT2D eigenvalue weighted by atomic mass is 9.83. The van der Waals surface area contributed by atoms with E-state index in [0.717, 1.165) is 12.8 Å². The molecule has 0 aromatic rings. The lowest BCUT2D eigenvalue weighted by molar-refractivity contribution is -0.120. The third kappa shape index (κ3) is 3.35. The van der Waals surface area contributed by atoms with Crippen molar-refractivity contribution < 1.29 is 4.79 Å². The van der Waals surface area contributed by atoms with Gasteiger partial charge in [-0.15, -0.1) is 11.6 Å². The molecule has 0 unspecified atom stereocenters. The van der Waals surface area contributed by atoms with Gasteiger partial charge in [-0.05, 0) is 19.1 Å². The van der Waals surface area contributed by atoms with Gasteiger partial charge < -0.3 is 5.32 Å². The molecule has 1 fully saturated rings. The molecule has 0 heterocycles. The number of hydrogen-bond donors (Lipinski definition) is 1. The van der Waals surface area contributed by atoms with Crippen molar-refractivity contribution in [3.8, 4) is 0 Å². The first kappa shape index (κ1) is 12.2. The van der Waals surface area contributed by atoms with Gasteiger partial charge in [0.2, 0.25) is 5.91 Å². The maximum Gasteiger partial charge on any atom is 0.230 e. The maximum absolute atomic E-state index is 11.5. The average Bonchev–Trinajstić information content (AvgIpc) is 2.19. The largest absolute Gasteiger partial charge is 0.349 e. The zero-order valence-electron chi connectivity index (χ0n) is 8.64. The Bertz CT molecular complexity index is 193. The Labute approximate surface area is 95.2 Å². The molecule has 0 aromatic heterocycles. The fraction of sp³-hybridized carbons (Fsp3) is 0.900. The van der Waals surface area contributed by atoms with E-state index in [1.54, 1.807) is 11.8 Å². The summed E-state index contributed by atoms with van der Waals surface area (Å²) in [7, 11) is 0. The molecule has 1 aliphatic rings. The Kier molecular flexibility index (Phi) is 5.10. The van der Waals surface area contributed by atoms with Crippen LogP contribution in [0.4, 0.5) is 0 Å². The normalized spacial score (nSPS) is 20.4. The summed E-state index contributed by atoms with van der Waals surface area (Å²) in [6.45, 7) is 0. The van der Waals surface area contributed by atoms with E-state index in [1.807, 2.05) is 6.26 Å². The van der Waals surface area contributed by atoms with Gasteiger partial charge in [0.25, 0.3) is 0 Å². The molecular formula is C10H18ClNOS. The summed E-state index contributed by atoms with van der Waals surface area (Å²) in [5, 5.41) is 3.09. The van der Waals surface area contributed by atoms with Crippen LogP contribution in [0.5, 0.6) is 0 Å². The molecule has 0 aromatic carbocycles. The molecule has 0 saturated heterocycles. The van der Waals surface area contributed by atoms with Crippen LogP contribution in [-0.2, 0) is 4.79 Å². The Morgan fingerprint density at radius 3 is 2.57 bits per heavy atom. The highest BCUT2D eigenvalue weighted by molar-refractivity contribution is 7.99. The summed E-state index contributed by atoms with van der Waals surface area (Å²) >= 11 is 7.51. The van der Waals surface area contributed by atoms with E-state index in [9.17, 15) is 4.79 Å².